The molecule has 0 saturated carbocycles. The van der Waals surface area contributed by atoms with E-state index >= 15 is 0 Å². The lowest BCUT2D eigenvalue weighted by Gasteiger charge is -2.18. The number of thioether (sulfide) groups is 4. The van der Waals surface area contributed by atoms with E-state index in [9.17, 15) is 0 Å². The highest BCUT2D eigenvalue weighted by atomic mass is 32.2. The summed E-state index contributed by atoms with van der Waals surface area (Å²) in [4.78, 5) is 16.6. The van der Waals surface area contributed by atoms with Gasteiger partial charge in [0.2, 0.25) is 0 Å². The molecule has 0 radical (unpaired) electrons. The fourth-order valence-electron chi connectivity index (χ4n) is 4.00. The Labute approximate surface area is 232 Å². The summed E-state index contributed by atoms with van der Waals surface area (Å²) in [7, 11) is 0. The normalized spacial score (nSPS) is 16.9. The first-order valence-corrected chi connectivity index (χ1v) is 17.0. The molecule has 34 heavy (non-hydrogen) atoms. The molecule has 0 aromatic heterocycles. The number of hydrogen-bond donors (Lipinski definition) is 0. The van der Waals surface area contributed by atoms with Crippen LogP contribution in [0.15, 0.2) is 140 Å². The lowest BCUT2D eigenvalue weighted by Crippen LogP contribution is -1.89. The van der Waals surface area contributed by atoms with Crippen molar-refractivity contribution in [2.45, 2.75) is 58.7 Å². The van der Waals surface area contributed by atoms with Gasteiger partial charge >= 0.3 is 0 Å². The number of benzene rings is 4. The fraction of sp³-hybridized carbons (Fsp3) is 0. The minimum absolute atomic E-state index is 1.37. The summed E-state index contributed by atoms with van der Waals surface area (Å²) < 4.78 is 2.86. The van der Waals surface area contributed by atoms with Gasteiger partial charge in [-0.1, -0.05) is 118 Å². The number of hydrogen-bond acceptors (Lipinski definition) is 8. The van der Waals surface area contributed by atoms with Gasteiger partial charge in [-0.3, -0.25) is 0 Å². The van der Waals surface area contributed by atoms with E-state index in [2.05, 4.69) is 72.8 Å². The molecule has 0 unspecified atom stereocenters. The van der Waals surface area contributed by atoms with Crippen molar-refractivity contribution in [3.05, 3.63) is 81.3 Å². The zero-order valence-electron chi connectivity index (χ0n) is 17.2. The summed E-state index contributed by atoms with van der Waals surface area (Å²) >= 11 is 15.4. The van der Waals surface area contributed by atoms with E-state index in [1.165, 1.54) is 67.2 Å². The maximum absolute atomic E-state index is 2.41. The van der Waals surface area contributed by atoms with Crippen molar-refractivity contribution in [3.8, 4) is 0 Å². The third kappa shape index (κ3) is 3.64. The highest BCUT2D eigenvalue weighted by Gasteiger charge is 2.30. The highest BCUT2D eigenvalue weighted by molar-refractivity contribution is 8.30. The van der Waals surface area contributed by atoms with Crippen LogP contribution >= 0.6 is 94.1 Å². The second kappa shape index (κ2) is 8.48. The Balaban J connectivity index is 1.09. The van der Waals surface area contributed by atoms with Crippen LogP contribution in [0, 0.1) is 0 Å². The first kappa shape index (κ1) is 21.5. The van der Waals surface area contributed by atoms with Crippen molar-refractivity contribution in [3.63, 3.8) is 0 Å². The molecule has 0 spiro atoms. The molecule has 4 aromatic rings. The van der Waals surface area contributed by atoms with Crippen LogP contribution in [-0.2, 0) is 0 Å². The SMILES string of the molecule is c1ccc2c(c1)Sc1cc3c(cc1S2)SC(=C1Sc2cc4c(cc2S1)Sc1ccccc1S4)S3. The summed E-state index contributed by atoms with van der Waals surface area (Å²) in [6, 6.07) is 27.1. The van der Waals surface area contributed by atoms with E-state index in [4.69, 9.17) is 0 Å². The fourth-order valence-corrected chi connectivity index (χ4v) is 14.2. The summed E-state index contributed by atoms with van der Waals surface area (Å²) in [6.45, 7) is 0. The van der Waals surface area contributed by atoms with Gasteiger partial charge in [-0.05, 0) is 48.5 Å². The first-order chi connectivity index (χ1) is 16.8. The maximum Gasteiger partial charge on any atom is 0.0706 e. The van der Waals surface area contributed by atoms with Gasteiger partial charge in [0, 0.05) is 58.7 Å². The molecule has 4 aromatic carbocycles. The number of fused-ring (bicyclic) bond motifs is 6. The summed E-state index contributed by atoms with van der Waals surface area (Å²) in [5.74, 6) is 0. The Bertz CT molecular complexity index is 1340. The Hall–Kier alpha value is -0.580. The minimum Gasteiger partial charge on any atom is -0.0877 e. The second-order valence-electron chi connectivity index (χ2n) is 7.78. The smallest absolute Gasteiger partial charge is 0.0706 e. The molecular weight excluding hydrogens is 569 g/mol. The topological polar surface area (TPSA) is 0 Å². The second-order valence-corrected chi connectivity index (χ2v) is 16.8. The van der Waals surface area contributed by atoms with E-state index in [-0.39, 0.29) is 0 Å². The third-order valence-electron chi connectivity index (χ3n) is 5.58. The molecule has 164 valence electrons. The van der Waals surface area contributed by atoms with Crippen LogP contribution in [0.25, 0.3) is 0 Å². The van der Waals surface area contributed by atoms with E-state index in [1.807, 2.05) is 94.1 Å². The Morgan fingerprint density at radius 3 is 0.765 bits per heavy atom. The molecule has 0 aliphatic carbocycles. The molecule has 8 heteroatoms. The first-order valence-electron chi connectivity index (χ1n) is 10.5. The summed E-state index contributed by atoms with van der Waals surface area (Å²) in [6.07, 6.45) is 0. The number of rotatable bonds is 0. The van der Waals surface area contributed by atoms with Gasteiger partial charge in [-0.2, -0.15) is 0 Å². The lowest BCUT2D eigenvalue weighted by atomic mass is 10.3. The lowest BCUT2D eigenvalue weighted by molar-refractivity contribution is 1.07. The van der Waals surface area contributed by atoms with Crippen LogP contribution in [0.3, 0.4) is 0 Å². The van der Waals surface area contributed by atoms with Crippen LogP contribution in [0.5, 0.6) is 0 Å². The van der Waals surface area contributed by atoms with E-state index in [0.29, 0.717) is 0 Å². The Morgan fingerprint density at radius 2 is 0.500 bits per heavy atom. The molecule has 4 heterocycles. The molecule has 8 rings (SSSR count). The van der Waals surface area contributed by atoms with E-state index < -0.39 is 0 Å². The Kier molecular flexibility index (Phi) is 5.36. The minimum atomic E-state index is 1.37. The largest absolute Gasteiger partial charge is 0.0877 e. The van der Waals surface area contributed by atoms with Crippen LogP contribution in [0.2, 0.25) is 0 Å². The quantitative estimate of drug-likeness (QED) is 0.172. The van der Waals surface area contributed by atoms with Gasteiger partial charge in [0.05, 0.1) is 8.47 Å². The van der Waals surface area contributed by atoms with Crippen molar-refractivity contribution in [2.24, 2.45) is 0 Å². The summed E-state index contributed by atoms with van der Waals surface area (Å²) in [5, 5.41) is 0. The molecule has 0 saturated heterocycles. The maximum atomic E-state index is 2.41. The Morgan fingerprint density at radius 1 is 0.265 bits per heavy atom. The van der Waals surface area contributed by atoms with Crippen molar-refractivity contribution in [1.82, 2.24) is 0 Å². The molecule has 4 aliphatic heterocycles. The average Bonchev–Trinajstić information content (AvgIpc) is 3.46. The highest BCUT2D eigenvalue weighted by Crippen LogP contribution is 2.64. The van der Waals surface area contributed by atoms with Gasteiger partial charge < -0.3 is 0 Å². The average molecular weight is 581 g/mol. The van der Waals surface area contributed by atoms with E-state index in [1.54, 1.807) is 0 Å². The van der Waals surface area contributed by atoms with Crippen LogP contribution in [0.4, 0.5) is 0 Å². The monoisotopic (exact) mass is 580 g/mol. The van der Waals surface area contributed by atoms with Crippen LogP contribution in [-0.4, -0.2) is 0 Å². The van der Waals surface area contributed by atoms with Gasteiger partial charge in [0.25, 0.3) is 0 Å². The van der Waals surface area contributed by atoms with Crippen molar-refractivity contribution >= 4 is 94.1 Å². The van der Waals surface area contributed by atoms with Gasteiger partial charge in [-0.15, -0.1) is 0 Å². The standard InChI is InChI=1S/C26H12S8/c1-2-6-14-13(5-1)27-17-9-21-22(10-18(17)28-14)32-25(31-21)26-33-23-11-19-20(12-24(23)34-26)30-16-8-4-3-7-15(16)29-19/h1-12H. The molecule has 4 aliphatic rings. The van der Waals surface area contributed by atoms with Crippen molar-refractivity contribution in [1.29, 1.82) is 0 Å². The predicted molar refractivity (Wildman–Crippen MR) is 153 cm³/mol. The molecule has 0 fully saturated rings. The predicted octanol–water partition coefficient (Wildman–Crippen LogP) is 11.1. The molecule has 0 N–H and O–H groups in total. The molecule has 0 bridgehead atoms. The van der Waals surface area contributed by atoms with E-state index in [0.717, 1.165) is 0 Å². The van der Waals surface area contributed by atoms with Crippen LogP contribution in [0.1, 0.15) is 0 Å². The van der Waals surface area contributed by atoms with Gasteiger partial charge in [-0.25, -0.2) is 0 Å². The zero-order valence-corrected chi connectivity index (χ0v) is 23.7. The van der Waals surface area contributed by atoms with Gasteiger partial charge in [0.15, 0.2) is 0 Å². The molecule has 0 atom stereocenters. The van der Waals surface area contributed by atoms with Crippen molar-refractivity contribution < 1.29 is 0 Å². The third-order valence-corrected chi connectivity index (χ3v) is 16.2. The molecule has 0 nitrogen and oxygen atoms in total. The molecular formula is C26H12S8. The van der Waals surface area contributed by atoms with Crippen molar-refractivity contribution in [2.75, 3.05) is 0 Å². The van der Waals surface area contributed by atoms with Crippen LogP contribution < -0.4 is 0 Å². The molecule has 0 amide bonds. The van der Waals surface area contributed by atoms with Gasteiger partial charge in [0.1, 0.15) is 0 Å². The summed E-state index contributed by atoms with van der Waals surface area (Å²) in [5.41, 5.74) is 0. The zero-order chi connectivity index (χ0) is 22.2.